The smallest absolute Gasteiger partial charge is 0.114 e. The zero-order valence-corrected chi connectivity index (χ0v) is 10.1. The maximum Gasteiger partial charge on any atom is 0.114 e. The minimum Gasteiger partial charge on any atom is -0.379 e. The van der Waals surface area contributed by atoms with E-state index in [1.54, 1.807) is 0 Å². The molecule has 0 aromatic heterocycles. The molecule has 16 heavy (non-hydrogen) atoms. The van der Waals surface area contributed by atoms with Crippen molar-refractivity contribution < 1.29 is 9.47 Å². The molecule has 2 rings (SSSR count). The number of morpholine rings is 1. The summed E-state index contributed by atoms with van der Waals surface area (Å²) in [4.78, 5) is 2.28. The van der Waals surface area contributed by atoms with Crippen LogP contribution in [0.1, 0.15) is 26.7 Å². The lowest BCUT2D eigenvalue weighted by Crippen LogP contribution is -2.57. The van der Waals surface area contributed by atoms with Crippen molar-refractivity contribution in [2.75, 3.05) is 26.3 Å². The first-order valence-electron chi connectivity index (χ1n) is 6.06. The van der Waals surface area contributed by atoms with Gasteiger partial charge < -0.3 is 9.47 Å². The fraction of sp³-hybridized carbons (Fsp3) is 0.917. The molecule has 4 nitrogen and oxygen atoms in total. The van der Waals surface area contributed by atoms with Gasteiger partial charge >= 0.3 is 0 Å². The van der Waals surface area contributed by atoms with Crippen molar-refractivity contribution in [3.05, 3.63) is 0 Å². The standard InChI is InChI=1S/C12H20N2O2/c1-10-7-12(9-13,8-11(2)16-10)14-3-5-15-6-4-14/h10-11H,3-8H2,1-2H3. The van der Waals surface area contributed by atoms with E-state index in [9.17, 15) is 5.26 Å². The van der Waals surface area contributed by atoms with Gasteiger partial charge in [0, 0.05) is 25.9 Å². The second-order valence-electron chi connectivity index (χ2n) is 4.91. The highest BCUT2D eigenvalue weighted by molar-refractivity contribution is 5.12. The summed E-state index contributed by atoms with van der Waals surface area (Å²) in [5, 5.41) is 9.54. The summed E-state index contributed by atoms with van der Waals surface area (Å²) in [5.41, 5.74) is -0.332. The maximum absolute atomic E-state index is 9.54. The van der Waals surface area contributed by atoms with Crippen molar-refractivity contribution in [3.8, 4) is 6.07 Å². The molecule has 0 N–H and O–H groups in total. The molecule has 0 aliphatic carbocycles. The van der Waals surface area contributed by atoms with Gasteiger partial charge in [-0.1, -0.05) is 0 Å². The molecule has 2 fully saturated rings. The summed E-state index contributed by atoms with van der Waals surface area (Å²) in [7, 11) is 0. The van der Waals surface area contributed by atoms with Crippen molar-refractivity contribution in [1.82, 2.24) is 4.90 Å². The largest absolute Gasteiger partial charge is 0.379 e. The van der Waals surface area contributed by atoms with E-state index in [0.29, 0.717) is 0 Å². The molecule has 2 saturated heterocycles. The third-order valence-corrected chi connectivity index (χ3v) is 3.54. The molecule has 4 heteroatoms. The van der Waals surface area contributed by atoms with Gasteiger partial charge in [0.1, 0.15) is 5.54 Å². The predicted octanol–water partition coefficient (Wildman–Crippen LogP) is 1.17. The zero-order valence-electron chi connectivity index (χ0n) is 10.1. The Hall–Kier alpha value is -0.630. The maximum atomic E-state index is 9.54. The zero-order chi connectivity index (χ0) is 11.6. The molecular weight excluding hydrogens is 204 g/mol. The Bertz CT molecular complexity index is 271. The van der Waals surface area contributed by atoms with Crippen LogP contribution in [0.15, 0.2) is 0 Å². The Labute approximate surface area is 97.1 Å². The minimum absolute atomic E-state index is 0.172. The number of hydrogen-bond acceptors (Lipinski definition) is 4. The van der Waals surface area contributed by atoms with Crippen molar-refractivity contribution in [2.24, 2.45) is 0 Å². The van der Waals surface area contributed by atoms with E-state index in [-0.39, 0.29) is 17.7 Å². The average Bonchev–Trinajstić information content (AvgIpc) is 2.29. The molecule has 0 saturated carbocycles. The van der Waals surface area contributed by atoms with Gasteiger partial charge in [0.15, 0.2) is 0 Å². The molecule has 0 bridgehead atoms. The topological polar surface area (TPSA) is 45.5 Å². The first kappa shape index (κ1) is 11.8. The van der Waals surface area contributed by atoms with Gasteiger partial charge in [0.05, 0.1) is 31.5 Å². The van der Waals surface area contributed by atoms with Crippen LogP contribution in [0.4, 0.5) is 0 Å². The Balaban J connectivity index is 2.14. The van der Waals surface area contributed by atoms with Gasteiger partial charge in [-0.2, -0.15) is 5.26 Å². The second kappa shape index (κ2) is 4.70. The number of rotatable bonds is 1. The molecule has 2 aliphatic rings. The highest BCUT2D eigenvalue weighted by Crippen LogP contribution is 2.34. The summed E-state index contributed by atoms with van der Waals surface area (Å²) >= 11 is 0. The molecule has 0 radical (unpaired) electrons. The van der Waals surface area contributed by atoms with Crippen LogP contribution in [0.2, 0.25) is 0 Å². The monoisotopic (exact) mass is 224 g/mol. The Morgan fingerprint density at radius 1 is 1.19 bits per heavy atom. The first-order valence-corrected chi connectivity index (χ1v) is 6.06. The van der Waals surface area contributed by atoms with E-state index < -0.39 is 0 Å². The summed E-state index contributed by atoms with van der Waals surface area (Å²) < 4.78 is 11.1. The molecule has 0 spiro atoms. The van der Waals surface area contributed by atoms with Crippen molar-refractivity contribution in [2.45, 2.75) is 44.4 Å². The fourth-order valence-electron chi connectivity index (χ4n) is 2.94. The van der Waals surface area contributed by atoms with Crippen LogP contribution in [-0.2, 0) is 9.47 Å². The molecule has 0 amide bonds. The lowest BCUT2D eigenvalue weighted by Gasteiger charge is -2.46. The Morgan fingerprint density at radius 3 is 2.25 bits per heavy atom. The third kappa shape index (κ3) is 2.22. The molecule has 2 aliphatic heterocycles. The van der Waals surface area contributed by atoms with Gasteiger partial charge in [-0.25, -0.2) is 0 Å². The highest BCUT2D eigenvalue weighted by atomic mass is 16.5. The molecule has 2 atom stereocenters. The lowest BCUT2D eigenvalue weighted by molar-refractivity contribution is -0.104. The quantitative estimate of drug-likeness (QED) is 0.670. The SMILES string of the molecule is CC1CC(C#N)(N2CCOCC2)CC(C)O1. The number of ether oxygens (including phenoxy) is 2. The third-order valence-electron chi connectivity index (χ3n) is 3.54. The van der Waals surface area contributed by atoms with Crippen molar-refractivity contribution >= 4 is 0 Å². The van der Waals surface area contributed by atoms with E-state index in [2.05, 4.69) is 24.8 Å². The normalized spacial score (nSPS) is 41.6. The number of nitriles is 1. The summed E-state index contributed by atoms with van der Waals surface area (Å²) in [6, 6.07) is 2.54. The summed E-state index contributed by atoms with van der Waals surface area (Å²) in [6.07, 6.45) is 1.97. The highest BCUT2D eigenvalue weighted by Gasteiger charge is 2.44. The van der Waals surface area contributed by atoms with Crippen LogP contribution in [0.5, 0.6) is 0 Å². The minimum atomic E-state index is -0.332. The van der Waals surface area contributed by atoms with Crippen LogP contribution in [0.3, 0.4) is 0 Å². The molecular formula is C12H20N2O2. The van der Waals surface area contributed by atoms with Crippen LogP contribution < -0.4 is 0 Å². The Kier molecular flexibility index (Phi) is 3.48. The van der Waals surface area contributed by atoms with Crippen molar-refractivity contribution in [1.29, 1.82) is 5.26 Å². The first-order chi connectivity index (χ1) is 7.66. The van der Waals surface area contributed by atoms with Gasteiger partial charge in [-0.3, -0.25) is 4.90 Å². The van der Waals surface area contributed by atoms with Crippen LogP contribution >= 0.6 is 0 Å². The molecule has 0 aromatic rings. The van der Waals surface area contributed by atoms with Crippen LogP contribution in [0.25, 0.3) is 0 Å². The van der Waals surface area contributed by atoms with Gasteiger partial charge in [0.25, 0.3) is 0 Å². The van der Waals surface area contributed by atoms with Gasteiger partial charge in [0.2, 0.25) is 0 Å². The van der Waals surface area contributed by atoms with E-state index in [1.165, 1.54) is 0 Å². The fourth-order valence-corrected chi connectivity index (χ4v) is 2.94. The summed E-state index contributed by atoms with van der Waals surface area (Å²) in [6.45, 7) is 7.34. The van der Waals surface area contributed by atoms with Gasteiger partial charge in [-0.15, -0.1) is 0 Å². The molecule has 2 unspecified atom stereocenters. The van der Waals surface area contributed by atoms with Crippen LogP contribution in [0, 0.1) is 11.3 Å². The van der Waals surface area contributed by atoms with E-state index in [0.717, 1.165) is 39.1 Å². The Morgan fingerprint density at radius 2 is 1.75 bits per heavy atom. The molecule has 0 aromatic carbocycles. The average molecular weight is 224 g/mol. The predicted molar refractivity (Wildman–Crippen MR) is 60.0 cm³/mol. The molecule has 90 valence electrons. The van der Waals surface area contributed by atoms with Crippen LogP contribution in [-0.4, -0.2) is 49.0 Å². The van der Waals surface area contributed by atoms with E-state index in [1.807, 2.05) is 0 Å². The summed E-state index contributed by atoms with van der Waals surface area (Å²) in [5.74, 6) is 0. The number of hydrogen-bond donors (Lipinski definition) is 0. The molecule has 2 heterocycles. The second-order valence-corrected chi connectivity index (χ2v) is 4.91. The lowest BCUT2D eigenvalue weighted by atomic mass is 9.83. The van der Waals surface area contributed by atoms with Crippen molar-refractivity contribution in [3.63, 3.8) is 0 Å². The van der Waals surface area contributed by atoms with E-state index >= 15 is 0 Å². The van der Waals surface area contributed by atoms with Gasteiger partial charge in [-0.05, 0) is 13.8 Å². The number of nitrogens with zero attached hydrogens (tertiary/aromatic N) is 2. The van der Waals surface area contributed by atoms with E-state index in [4.69, 9.17) is 9.47 Å².